The van der Waals surface area contributed by atoms with Crippen LogP contribution < -0.4 is 11.1 Å². The van der Waals surface area contributed by atoms with Gasteiger partial charge in [-0.2, -0.15) is 0 Å². The molecule has 0 bridgehead atoms. The van der Waals surface area contributed by atoms with Crippen molar-refractivity contribution in [2.75, 3.05) is 6.54 Å². The monoisotopic (exact) mass is 285 g/mol. The predicted molar refractivity (Wildman–Crippen MR) is 73.0 cm³/mol. The quantitative estimate of drug-likeness (QED) is 0.666. The van der Waals surface area contributed by atoms with E-state index >= 15 is 0 Å². The van der Waals surface area contributed by atoms with Gasteiger partial charge >= 0.3 is 12.0 Å². The van der Waals surface area contributed by atoms with Crippen molar-refractivity contribution in [1.29, 1.82) is 0 Å². The van der Waals surface area contributed by atoms with Crippen LogP contribution in [0, 0.1) is 0 Å². The van der Waals surface area contributed by atoms with Crippen molar-refractivity contribution in [3.05, 3.63) is 0 Å². The Hall–Kier alpha value is -1.79. The summed E-state index contributed by atoms with van der Waals surface area (Å²) in [5, 5.41) is 12.1. The van der Waals surface area contributed by atoms with Crippen molar-refractivity contribution in [2.24, 2.45) is 5.73 Å². The number of primary amides is 1. The topological polar surface area (TPSA) is 113 Å². The van der Waals surface area contributed by atoms with Crippen molar-refractivity contribution >= 4 is 17.9 Å². The van der Waals surface area contributed by atoms with E-state index in [0.717, 1.165) is 0 Å². The maximum Gasteiger partial charge on any atom is 0.329 e. The molecule has 7 nitrogen and oxygen atoms in total. The number of carbonyl (C=O) groups excluding carboxylic acids is 2. The molecular weight excluding hydrogens is 262 g/mol. The number of aliphatic carboxylic acids is 1. The number of amides is 3. The number of hydrogen-bond donors (Lipinski definition) is 3. The van der Waals surface area contributed by atoms with Gasteiger partial charge in [0.05, 0.1) is 0 Å². The Bertz CT molecular complexity index is 399. The zero-order valence-corrected chi connectivity index (χ0v) is 12.0. The summed E-state index contributed by atoms with van der Waals surface area (Å²) in [4.78, 5) is 36.0. The predicted octanol–water partition coefficient (Wildman–Crippen LogP) is 0.679. The molecule has 0 aliphatic carbocycles. The van der Waals surface area contributed by atoms with Gasteiger partial charge in [-0.25, -0.2) is 9.59 Å². The number of nitrogens with two attached hydrogens (primary N) is 1. The molecule has 0 spiro atoms. The van der Waals surface area contributed by atoms with E-state index < -0.39 is 29.5 Å². The second-order valence-corrected chi connectivity index (χ2v) is 5.36. The van der Waals surface area contributed by atoms with Gasteiger partial charge in [0.1, 0.15) is 5.54 Å². The second kappa shape index (κ2) is 6.58. The lowest BCUT2D eigenvalue weighted by molar-refractivity contribution is -0.148. The van der Waals surface area contributed by atoms with E-state index in [1.807, 2.05) is 6.92 Å². The summed E-state index contributed by atoms with van der Waals surface area (Å²) in [6.45, 7) is 3.98. The summed E-state index contributed by atoms with van der Waals surface area (Å²) in [5.74, 6) is -1.47. The number of nitrogens with zero attached hydrogens (tertiary/aromatic N) is 1. The molecule has 1 aliphatic heterocycles. The molecule has 1 aliphatic rings. The number of rotatable bonds is 6. The summed E-state index contributed by atoms with van der Waals surface area (Å²) in [6.07, 6.45) is 2.29. The van der Waals surface area contributed by atoms with Crippen LogP contribution in [0.3, 0.4) is 0 Å². The fourth-order valence-electron chi connectivity index (χ4n) is 2.82. The lowest BCUT2D eigenvalue weighted by Crippen LogP contribution is -2.57. The molecule has 0 aromatic carbocycles. The van der Waals surface area contributed by atoms with Crippen molar-refractivity contribution in [3.63, 3.8) is 0 Å². The highest BCUT2D eigenvalue weighted by atomic mass is 16.4. The second-order valence-electron chi connectivity index (χ2n) is 5.36. The molecule has 20 heavy (non-hydrogen) atoms. The Labute approximate surface area is 118 Å². The van der Waals surface area contributed by atoms with Crippen LogP contribution >= 0.6 is 0 Å². The van der Waals surface area contributed by atoms with Gasteiger partial charge in [-0.15, -0.1) is 0 Å². The van der Waals surface area contributed by atoms with Crippen LogP contribution in [-0.2, 0) is 9.59 Å². The van der Waals surface area contributed by atoms with Crippen LogP contribution in [0.1, 0.15) is 46.0 Å². The van der Waals surface area contributed by atoms with Gasteiger partial charge in [-0.1, -0.05) is 13.3 Å². The average Bonchev–Trinajstić information content (AvgIpc) is 2.73. The smallest absolute Gasteiger partial charge is 0.329 e. The molecular formula is C13H23N3O4. The Morgan fingerprint density at radius 3 is 2.60 bits per heavy atom. The van der Waals surface area contributed by atoms with Crippen LogP contribution in [0.5, 0.6) is 0 Å². The molecule has 0 aromatic heterocycles. The number of urea groups is 1. The molecule has 1 heterocycles. The zero-order chi connectivity index (χ0) is 15.3. The van der Waals surface area contributed by atoms with Gasteiger partial charge in [-0.3, -0.25) is 4.79 Å². The third kappa shape index (κ3) is 3.40. The molecule has 1 saturated heterocycles. The first-order chi connectivity index (χ1) is 9.33. The zero-order valence-electron chi connectivity index (χ0n) is 12.0. The minimum Gasteiger partial charge on any atom is -0.479 e. The van der Waals surface area contributed by atoms with Gasteiger partial charge in [0, 0.05) is 19.0 Å². The number of carboxylic acids is 1. The number of carbonyl (C=O) groups is 3. The third-order valence-corrected chi connectivity index (χ3v) is 3.67. The third-order valence-electron chi connectivity index (χ3n) is 3.67. The van der Waals surface area contributed by atoms with Crippen molar-refractivity contribution in [3.8, 4) is 0 Å². The SMILES string of the molecule is CCCC1(C(=O)O)CCCN1C(=O)NC(C)CC(N)=O. The van der Waals surface area contributed by atoms with E-state index in [1.54, 1.807) is 6.92 Å². The van der Waals surface area contributed by atoms with E-state index in [1.165, 1.54) is 4.90 Å². The maximum atomic E-state index is 12.2. The summed E-state index contributed by atoms with van der Waals surface area (Å²) in [6, 6.07) is -0.846. The van der Waals surface area contributed by atoms with E-state index in [0.29, 0.717) is 32.2 Å². The first-order valence-electron chi connectivity index (χ1n) is 6.93. The van der Waals surface area contributed by atoms with Crippen LogP contribution in [0.25, 0.3) is 0 Å². The Morgan fingerprint density at radius 2 is 2.10 bits per heavy atom. The van der Waals surface area contributed by atoms with Crippen LogP contribution in [0.2, 0.25) is 0 Å². The van der Waals surface area contributed by atoms with Gasteiger partial charge in [0.25, 0.3) is 0 Å². The van der Waals surface area contributed by atoms with Crippen LogP contribution in [-0.4, -0.2) is 46.0 Å². The van der Waals surface area contributed by atoms with Gasteiger partial charge in [0.2, 0.25) is 5.91 Å². The summed E-state index contributed by atoms with van der Waals surface area (Å²) >= 11 is 0. The number of carboxylic acid groups (broad SMARTS) is 1. The highest BCUT2D eigenvalue weighted by Crippen LogP contribution is 2.34. The lowest BCUT2D eigenvalue weighted by atomic mass is 9.91. The Balaban J connectivity index is 2.79. The summed E-state index contributed by atoms with van der Waals surface area (Å²) in [7, 11) is 0. The summed E-state index contributed by atoms with van der Waals surface area (Å²) in [5.41, 5.74) is 3.95. The molecule has 0 saturated carbocycles. The minimum absolute atomic E-state index is 0.0351. The Kier molecular flexibility index (Phi) is 5.35. The highest BCUT2D eigenvalue weighted by Gasteiger charge is 2.49. The van der Waals surface area contributed by atoms with E-state index in [4.69, 9.17) is 5.73 Å². The minimum atomic E-state index is -1.12. The molecule has 0 radical (unpaired) electrons. The standard InChI is InChI=1S/C13H23N3O4/c1-3-5-13(11(18)19)6-4-7-16(13)12(20)15-9(2)8-10(14)17/h9H,3-8H2,1-2H3,(H2,14,17)(H,15,20)(H,18,19). The van der Waals surface area contributed by atoms with Crippen molar-refractivity contribution in [1.82, 2.24) is 10.2 Å². The first-order valence-corrected chi connectivity index (χ1v) is 6.93. The molecule has 2 atom stereocenters. The lowest BCUT2D eigenvalue weighted by Gasteiger charge is -2.35. The highest BCUT2D eigenvalue weighted by molar-refractivity contribution is 5.87. The van der Waals surface area contributed by atoms with Gasteiger partial charge < -0.3 is 21.1 Å². The fraction of sp³-hybridized carbons (Fsp3) is 0.769. The molecule has 2 unspecified atom stereocenters. The van der Waals surface area contributed by atoms with E-state index in [2.05, 4.69) is 5.32 Å². The fourth-order valence-corrected chi connectivity index (χ4v) is 2.82. The van der Waals surface area contributed by atoms with Crippen molar-refractivity contribution < 1.29 is 19.5 Å². The van der Waals surface area contributed by atoms with E-state index in [9.17, 15) is 19.5 Å². The molecule has 114 valence electrons. The maximum absolute atomic E-state index is 12.2. The molecule has 4 N–H and O–H groups in total. The number of nitrogens with one attached hydrogen (secondary N) is 1. The summed E-state index contributed by atoms with van der Waals surface area (Å²) < 4.78 is 0. The average molecular weight is 285 g/mol. The largest absolute Gasteiger partial charge is 0.479 e. The van der Waals surface area contributed by atoms with Gasteiger partial charge in [-0.05, 0) is 26.2 Å². The van der Waals surface area contributed by atoms with E-state index in [-0.39, 0.29) is 6.42 Å². The molecule has 1 rings (SSSR count). The Morgan fingerprint density at radius 1 is 1.45 bits per heavy atom. The normalized spacial score (nSPS) is 23.4. The number of likely N-dealkylation sites (tertiary alicyclic amines) is 1. The van der Waals surface area contributed by atoms with Crippen LogP contribution in [0.15, 0.2) is 0 Å². The van der Waals surface area contributed by atoms with Gasteiger partial charge in [0.15, 0.2) is 0 Å². The van der Waals surface area contributed by atoms with Crippen molar-refractivity contribution in [2.45, 2.75) is 57.5 Å². The molecule has 1 fully saturated rings. The number of hydrogen-bond acceptors (Lipinski definition) is 3. The first kappa shape index (κ1) is 16.3. The molecule has 0 aromatic rings. The molecule has 7 heteroatoms. The molecule has 3 amide bonds. The van der Waals surface area contributed by atoms with Crippen LogP contribution in [0.4, 0.5) is 4.79 Å².